The van der Waals surface area contributed by atoms with Crippen LogP contribution in [0, 0.1) is 13.8 Å². The van der Waals surface area contributed by atoms with Crippen molar-refractivity contribution in [3.05, 3.63) is 59.2 Å². The van der Waals surface area contributed by atoms with Crippen molar-refractivity contribution in [3.63, 3.8) is 0 Å². The lowest BCUT2D eigenvalue weighted by molar-refractivity contribution is -0.121. The molecule has 0 aromatic carbocycles. The zero-order valence-corrected chi connectivity index (χ0v) is 12.3. The summed E-state index contributed by atoms with van der Waals surface area (Å²) >= 11 is 0. The summed E-state index contributed by atoms with van der Waals surface area (Å²) in [5.41, 5.74) is 4.15. The summed E-state index contributed by atoms with van der Waals surface area (Å²) < 4.78 is 0. The highest BCUT2D eigenvalue weighted by Crippen LogP contribution is 2.31. The van der Waals surface area contributed by atoms with Crippen LogP contribution in [0.2, 0.25) is 0 Å². The van der Waals surface area contributed by atoms with Gasteiger partial charge in [-0.2, -0.15) is 0 Å². The molecule has 1 saturated heterocycles. The third-order valence-corrected chi connectivity index (χ3v) is 4.03. The Hall–Kier alpha value is -2.07. The highest BCUT2D eigenvalue weighted by atomic mass is 16.1. The number of hydrogen-bond acceptors (Lipinski definition) is 4. The Bertz CT molecular complexity index is 613. The molecule has 21 heavy (non-hydrogen) atoms. The van der Waals surface area contributed by atoms with Gasteiger partial charge in [0.2, 0.25) is 0 Å². The number of hydrogen-bond donors (Lipinski definition) is 1. The summed E-state index contributed by atoms with van der Waals surface area (Å²) in [6, 6.07) is 7.85. The fraction of sp³-hybridized carbons (Fsp3) is 0.353. The van der Waals surface area contributed by atoms with Crippen LogP contribution >= 0.6 is 0 Å². The van der Waals surface area contributed by atoms with E-state index in [0.717, 1.165) is 22.5 Å². The molecule has 4 nitrogen and oxygen atoms in total. The molecule has 0 amide bonds. The number of nitrogens with zero attached hydrogens (tertiary/aromatic N) is 2. The molecule has 0 radical (unpaired) electrons. The zero-order valence-electron chi connectivity index (χ0n) is 12.3. The second-order valence-electron chi connectivity index (χ2n) is 5.63. The first kappa shape index (κ1) is 13.9. The van der Waals surface area contributed by atoms with Gasteiger partial charge in [-0.15, -0.1) is 0 Å². The standard InChI is InChI=1S/C17H19N3O/c1-11-5-3-7-18-16(11)14-9-13(21)10-15(20-14)17-12(2)6-4-8-19-17/h3-8,14-15,20H,9-10H2,1-2H3/t14-,15?/m0/s1. The summed E-state index contributed by atoms with van der Waals surface area (Å²) in [7, 11) is 0. The number of aromatic nitrogens is 2. The van der Waals surface area contributed by atoms with Crippen molar-refractivity contribution in [2.45, 2.75) is 38.8 Å². The van der Waals surface area contributed by atoms with Crippen LogP contribution in [0.5, 0.6) is 0 Å². The van der Waals surface area contributed by atoms with Crippen LogP contribution in [0.3, 0.4) is 0 Å². The van der Waals surface area contributed by atoms with Gasteiger partial charge >= 0.3 is 0 Å². The fourth-order valence-corrected chi connectivity index (χ4v) is 2.98. The van der Waals surface area contributed by atoms with E-state index >= 15 is 0 Å². The second-order valence-corrected chi connectivity index (χ2v) is 5.63. The lowest BCUT2D eigenvalue weighted by Gasteiger charge is -2.31. The van der Waals surface area contributed by atoms with Crippen molar-refractivity contribution in [3.8, 4) is 0 Å². The average molecular weight is 281 g/mol. The van der Waals surface area contributed by atoms with Crippen LogP contribution in [0.15, 0.2) is 36.7 Å². The van der Waals surface area contributed by atoms with E-state index in [1.54, 1.807) is 12.4 Å². The molecule has 0 bridgehead atoms. The molecular weight excluding hydrogens is 262 g/mol. The molecule has 3 rings (SSSR count). The van der Waals surface area contributed by atoms with Crippen molar-refractivity contribution in [2.75, 3.05) is 0 Å². The van der Waals surface area contributed by atoms with Gasteiger partial charge in [0.05, 0.1) is 23.5 Å². The van der Waals surface area contributed by atoms with Crippen LogP contribution in [0.1, 0.15) is 47.4 Å². The maximum Gasteiger partial charge on any atom is 0.136 e. The summed E-state index contributed by atoms with van der Waals surface area (Å²) in [5, 5.41) is 3.55. The van der Waals surface area contributed by atoms with Gasteiger partial charge in [0.25, 0.3) is 0 Å². The molecular formula is C17H19N3O. The van der Waals surface area contributed by atoms with Crippen molar-refractivity contribution in [1.29, 1.82) is 0 Å². The molecule has 1 aliphatic rings. The largest absolute Gasteiger partial charge is 0.300 e. The van der Waals surface area contributed by atoms with Gasteiger partial charge in [0.1, 0.15) is 5.78 Å². The van der Waals surface area contributed by atoms with E-state index in [2.05, 4.69) is 15.3 Å². The molecule has 2 aromatic heterocycles. The Labute approximate surface area is 124 Å². The molecule has 108 valence electrons. The van der Waals surface area contributed by atoms with Gasteiger partial charge < -0.3 is 0 Å². The number of pyridine rings is 2. The molecule has 3 heterocycles. The summed E-state index contributed by atoms with van der Waals surface area (Å²) in [6.07, 6.45) is 4.56. The summed E-state index contributed by atoms with van der Waals surface area (Å²) in [5.74, 6) is 0.263. The molecule has 4 heteroatoms. The lowest BCUT2D eigenvalue weighted by Crippen LogP contribution is -2.36. The van der Waals surface area contributed by atoms with Crippen molar-refractivity contribution < 1.29 is 4.79 Å². The minimum absolute atomic E-state index is 0.0288. The highest BCUT2D eigenvalue weighted by Gasteiger charge is 2.31. The van der Waals surface area contributed by atoms with Gasteiger partial charge in [0.15, 0.2) is 0 Å². The third kappa shape index (κ3) is 2.85. The van der Waals surface area contributed by atoms with E-state index in [9.17, 15) is 4.79 Å². The van der Waals surface area contributed by atoms with Gasteiger partial charge in [-0.05, 0) is 37.1 Å². The number of Topliss-reactive ketones (excluding diaryl/α,β-unsaturated/α-hetero) is 1. The van der Waals surface area contributed by atoms with Crippen LogP contribution in [-0.4, -0.2) is 15.8 Å². The smallest absolute Gasteiger partial charge is 0.136 e. The quantitative estimate of drug-likeness (QED) is 0.919. The Morgan fingerprint density at radius 1 is 0.952 bits per heavy atom. The van der Waals surface area contributed by atoms with Gasteiger partial charge in [0, 0.05) is 25.2 Å². The van der Waals surface area contributed by atoms with E-state index in [1.807, 2.05) is 38.1 Å². The SMILES string of the molecule is Cc1cccnc1C1CC(=O)C[C@@H](c2ncccc2C)N1. The number of carbonyl (C=O) groups excluding carboxylic acids is 1. The second kappa shape index (κ2) is 5.74. The van der Waals surface area contributed by atoms with Gasteiger partial charge in [-0.25, -0.2) is 0 Å². The summed E-state index contributed by atoms with van der Waals surface area (Å²) in [6.45, 7) is 4.06. The topological polar surface area (TPSA) is 54.9 Å². The van der Waals surface area contributed by atoms with E-state index in [4.69, 9.17) is 0 Å². The normalized spacial score (nSPS) is 22.3. The molecule has 1 N–H and O–H groups in total. The van der Waals surface area contributed by atoms with E-state index in [1.165, 1.54) is 0 Å². The molecule has 1 aliphatic heterocycles. The average Bonchev–Trinajstić information content (AvgIpc) is 2.47. The Morgan fingerprint density at radius 2 is 1.43 bits per heavy atom. The number of rotatable bonds is 2. The third-order valence-electron chi connectivity index (χ3n) is 4.03. The molecule has 2 aromatic rings. The lowest BCUT2D eigenvalue weighted by atomic mass is 9.90. The number of carbonyl (C=O) groups is 1. The fourth-order valence-electron chi connectivity index (χ4n) is 2.98. The summed E-state index contributed by atoms with van der Waals surface area (Å²) in [4.78, 5) is 21.1. The number of nitrogens with one attached hydrogen (secondary N) is 1. The number of ketones is 1. The van der Waals surface area contributed by atoms with E-state index in [-0.39, 0.29) is 17.9 Å². The van der Waals surface area contributed by atoms with E-state index in [0.29, 0.717) is 12.8 Å². The maximum absolute atomic E-state index is 12.2. The highest BCUT2D eigenvalue weighted by molar-refractivity contribution is 5.81. The molecule has 0 spiro atoms. The van der Waals surface area contributed by atoms with Gasteiger partial charge in [-0.1, -0.05) is 12.1 Å². The zero-order chi connectivity index (χ0) is 14.8. The predicted octanol–water partition coefficient (Wildman–Crippen LogP) is 2.83. The Balaban J connectivity index is 1.91. The first-order valence-electron chi connectivity index (χ1n) is 7.26. The monoisotopic (exact) mass is 281 g/mol. The number of aryl methyl sites for hydroxylation is 2. The first-order valence-corrected chi connectivity index (χ1v) is 7.26. The minimum atomic E-state index is -0.0288. The molecule has 1 fully saturated rings. The van der Waals surface area contributed by atoms with Crippen LogP contribution in [-0.2, 0) is 4.79 Å². The number of piperidine rings is 1. The first-order chi connectivity index (χ1) is 10.1. The van der Waals surface area contributed by atoms with Crippen LogP contribution in [0.25, 0.3) is 0 Å². The van der Waals surface area contributed by atoms with Crippen molar-refractivity contribution >= 4 is 5.78 Å². The predicted molar refractivity (Wildman–Crippen MR) is 80.8 cm³/mol. The minimum Gasteiger partial charge on any atom is -0.300 e. The van der Waals surface area contributed by atoms with Crippen molar-refractivity contribution in [1.82, 2.24) is 15.3 Å². The molecule has 1 unspecified atom stereocenters. The maximum atomic E-state index is 12.2. The Kier molecular flexibility index (Phi) is 3.80. The molecule has 0 saturated carbocycles. The van der Waals surface area contributed by atoms with Crippen LogP contribution in [0.4, 0.5) is 0 Å². The van der Waals surface area contributed by atoms with E-state index < -0.39 is 0 Å². The van der Waals surface area contributed by atoms with Gasteiger partial charge in [-0.3, -0.25) is 20.1 Å². The Morgan fingerprint density at radius 3 is 1.86 bits per heavy atom. The molecule has 0 aliphatic carbocycles. The molecule has 2 atom stereocenters. The van der Waals surface area contributed by atoms with Crippen LogP contribution < -0.4 is 5.32 Å². The van der Waals surface area contributed by atoms with Crippen molar-refractivity contribution in [2.24, 2.45) is 0 Å².